The largest absolute Gasteiger partial charge is 0.480 e. The summed E-state index contributed by atoms with van der Waals surface area (Å²) in [5, 5.41) is 11.4. The molecule has 0 saturated carbocycles. The number of carbonyl (C=O) groups excluding carboxylic acids is 1. The number of aromatic nitrogens is 1. The number of likely N-dealkylation sites (tertiary alicyclic amines) is 2. The van der Waals surface area contributed by atoms with E-state index in [0.29, 0.717) is 19.0 Å². The van der Waals surface area contributed by atoms with Crippen LogP contribution in [0.3, 0.4) is 0 Å². The van der Waals surface area contributed by atoms with Crippen LogP contribution in [0, 0.1) is 5.92 Å². The maximum Gasteiger partial charge on any atom is 0.321 e. The van der Waals surface area contributed by atoms with Gasteiger partial charge in [-0.05, 0) is 73.9 Å². The Balaban J connectivity index is 1.17. The molecular weight excluding hydrogens is 438 g/mol. The first-order valence-electron chi connectivity index (χ1n) is 12.6. The molecule has 0 bridgehead atoms. The normalized spacial score (nSPS) is 19.4. The lowest BCUT2D eigenvalue weighted by Gasteiger charge is -2.41. The van der Waals surface area contributed by atoms with Crippen molar-refractivity contribution in [2.45, 2.75) is 37.6 Å². The molecule has 1 aromatic heterocycles. The minimum Gasteiger partial charge on any atom is -0.480 e. The number of nitrogens with zero attached hydrogens (tertiary/aromatic N) is 2. The van der Waals surface area contributed by atoms with Crippen LogP contribution in [0.1, 0.15) is 42.7 Å². The monoisotopic (exact) mass is 471 g/mol. The van der Waals surface area contributed by atoms with Crippen molar-refractivity contribution in [3.05, 3.63) is 78.0 Å². The molecule has 1 amide bonds. The lowest BCUT2D eigenvalue weighted by Crippen LogP contribution is -2.52. The van der Waals surface area contributed by atoms with Crippen LogP contribution in [0.2, 0.25) is 0 Å². The highest BCUT2D eigenvalue weighted by molar-refractivity contribution is 5.91. The molecule has 0 aliphatic carbocycles. The summed E-state index contributed by atoms with van der Waals surface area (Å²) in [6.07, 6.45) is 8.97. The van der Waals surface area contributed by atoms with Crippen molar-refractivity contribution in [3.8, 4) is 0 Å². The smallest absolute Gasteiger partial charge is 0.321 e. The number of aliphatic carboxylic acids is 1. The van der Waals surface area contributed by atoms with Crippen LogP contribution in [0.25, 0.3) is 17.0 Å². The van der Waals surface area contributed by atoms with E-state index in [0.717, 1.165) is 49.9 Å². The van der Waals surface area contributed by atoms with Gasteiger partial charge in [0.25, 0.3) is 0 Å². The standard InChI is InChI=1S/C29H33N3O3/c33-27(11-10-21-6-2-1-3-7-21)31-16-14-23(15-17-31)28(29(34)35)32-18-12-22(13-19-32)25-20-30-26-9-5-4-8-24(25)26/h1-11,20,22-23,28,30H,12-19H2,(H,34,35)/b11-10+. The minimum atomic E-state index is -0.732. The predicted octanol–water partition coefficient (Wildman–Crippen LogP) is 4.75. The first-order chi connectivity index (χ1) is 17.1. The van der Waals surface area contributed by atoms with Crippen LogP contribution >= 0.6 is 0 Å². The fourth-order valence-electron chi connectivity index (χ4n) is 5.85. The average Bonchev–Trinajstić information content (AvgIpc) is 3.33. The average molecular weight is 472 g/mol. The number of nitrogens with one attached hydrogen (secondary N) is 1. The molecule has 2 aliphatic rings. The first-order valence-corrected chi connectivity index (χ1v) is 12.6. The van der Waals surface area contributed by atoms with E-state index < -0.39 is 12.0 Å². The van der Waals surface area contributed by atoms with Crippen molar-refractivity contribution < 1.29 is 14.7 Å². The number of rotatable bonds is 6. The van der Waals surface area contributed by atoms with E-state index in [1.807, 2.05) is 47.4 Å². The second-order valence-electron chi connectivity index (χ2n) is 9.79. The number of fused-ring (bicyclic) bond motifs is 1. The van der Waals surface area contributed by atoms with Crippen LogP contribution in [0.4, 0.5) is 0 Å². The molecule has 0 spiro atoms. The van der Waals surface area contributed by atoms with Crippen molar-refractivity contribution in [3.63, 3.8) is 0 Å². The van der Waals surface area contributed by atoms with Gasteiger partial charge in [-0.2, -0.15) is 0 Å². The van der Waals surface area contributed by atoms with Crippen LogP contribution in [-0.4, -0.2) is 64.0 Å². The Kier molecular flexibility index (Phi) is 7.00. The molecule has 2 aromatic carbocycles. The summed E-state index contributed by atoms with van der Waals surface area (Å²) in [5.41, 5.74) is 3.51. The van der Waals surface area contributed by atoms with Gasteiger partial charge in [-0.3, -0.25) is 14.5 Å². The summed E-state index contributed by atoms with van der Waals surface area (Å²) < 4.78 is 0. The third-order valence-electron chi connectivity index (χ3n) is 7.75. The number of piperidine rings is 2. The zero-order valence-corrected chi connectivity index (χ0v) is 20.0. The predicted molar refractivity (Wildman–Crippen MR) is 138 cm³/mol. The van der Waals surface area contributed by atoms with Gasteiger partial charge in [0.1, 0.15) is 6.04 Å². The maximum atomic E-state index is 12.6. The van der Waals surface area contributed by atoms with E-state index in [1.165, 1.54) is 10.9 Å². The first kappa shape index (κ1) is 23.4. The molecule has 1 unspecified atom stereocenters. The highest BCUT2D eigenvalue weighted by atomic mass is 16.4. The van der Waals surface area contributed by atoms with Crippen molar-refractivity contribution in [2.24, 2.45) is 5.92 Å². The number of carbonyl (C=O) groups is 2. The maximum absolute atomic E-state index is 12.6. The van der Waals surface area contributed by atoms with Gasteiger partial charge in [-0.25, -0.2) is 0 Å². The summed E-state index contributed by atoms with van der Waals surface area (Å²) in [5.74, 6) is -0.213. The number of para-hydroxylation sites is 1. The van der Waals surface area contributed by atoms with Gasteiger partial charge >= 0.3 is 5.97 Å². The molecule has 182 valence electrons. The molecule has 2 N–H and O–H groups in total. The fourth-order valence-corrected chi connectivity index (χ4v) is 5.85. The van der Waals surface area contributed by atoms with Crippen molar-refractivity contribution in [2.75, 3.05) is 26.2 Å². The van der Waals surface area contributed by atoms with Crippen molar-refractivity contribution >= 4 is 28.9 Å². The number of carboxylic acids is 1. The molecule has 0 radical (unpaired) electrons. The number of amides is 1. The Morgan fingerprint density at radius 3 is 2.31 bits per heavy atom. The summed E-state index contributed by atoms with van der Waals surface area (Å²) in [7, 11) is 0. The Morgan fingerprint density at radius 1 is 0.914 bits per heavy atom. The van der Waals surface area contributed by atoms with Crippen LogP contribution in [-0.2, 0) is 9.59 Å². The van der Waals surface area contributed by atoms with Crippen molar-refractivity contribution in [1.29, 1.82) is 0 Å². The van der Waals surface area contributed by atoms with Gasteiger partial charge in [0.15, 0.2) is 0 Å². The Labute approximate surface area is 206 Å². The van der Waals surface area contributed by atoms with Gasteiger partial charge in [-0.15, -0.1) is 0 Å². The SMILES string of the molecule is O=C(O)C(C1CCN(C(=O)/C=C/c2ccccc2)CC1)N1CCC(c2c[nH]c3ccccc23)CC1. The molecule has 35 heavy (non-hydrogen) atoms. The second kappa shape index (κ2) is 10.5. The molecule has 3 heterocycles. The molecule has 5 rings (SSSR count). The third kappa shape index (κ3) is 5.17. The van der Waals surface area contributed by atoms with E-state index in [4.69, 9.17) is 0 Å². The van der Waals surface area contributed by atoms with E-state index in [9.17, 15) is 14.7 Å². The van der Waals surface area contributed by atoms with E-state index >= 15 is 0 Å². The zero-order valence-electron chi connectivity index (χ0n) is 20.0. The molecule has 2 saturated heterocycles. The minimum absolute atomic E-state index is 0.00118. The summed E-state index contributed by atoms with van der Waals surface area (Å²) >= 11 is 0. The number of aromatic amines is 1. The molecular formula is C29H33N3O3. The summed E-state index contributed by atoms with van der Waals surface area (Å²) in [6, 6.07) is 17.7. The van der Waals surface area contributed by atoms with Crippen LogP contribution < -0.4 is 0 Å². The fraction of sp³-hybridized carbons (Fsp3) is 0.379. The lowest BCUT2D eigenvalue weighted by atomic mass is 9.84. The molecule has 2 fully saturated rings. The second-order valence-corrected chi connectivity index (χ2v) is 9.79. The third-order valence-corrected chi connectivity index (χ3v) is 7.75. The lowest BCUT2D eigenvalue weighted by molar-refractivity contribution is -0.147. The van der Waals surface area contributed by atoms with E-state index in [1.54, 1.807) is 6.08 Å². The molecule has 1 atom stereocenters. The number of benzene rings is 2. The molecule has 6 nitrogen and oxygen atoms in total. The zero-order chi connectivity index (χ0) is 24.2. The van der Waals surface area contributed by atoms with E-state index in [-0.39, 0.29) is 11.8 Å². The van der Waals surface area contributed by atoms with Crippen LogP contribution in [0.5, 0.6) is 0 Å². The highest BCUT2D eigenvalue weighted by Crippen LogP contribution is 2.35. The van der Waals surface area contributed by atoms with Gasteiger partial charge < -0.3 is 15.0 Å². The molecule has 2 aliphatic heterocycles. The van der Waals surface area contributed by atoms with Gasteiger partial charge in [0.05, 0.1) is 0 Å². The molecule has 6 heteroatoms. The topological polar surface area (TPSA) is 76.6 Å². The summed E-state index contributed by atoms with van der Waals surface area (Å²) in [4.78, 5) is 32.3. The van der Waals surface area contributed by atoms with Crippen molar-refractivity contribution in [1.82, 2.24) is 14.8 Å². The summed E-state index contributed by atoms with van der Waals surface area (Å²) in [6.45, 7) is 2.80. The van der Waals surface area contributed by atoms with E-state index in [2.05, 4.69) is 34.3 Å². The number of carboxylic acid groups (broad SMARTS) is 1. The van der Waals surface area contributed by atoms with Gasteiger partial charge in [0.2, 0.25) is 5.91 Å². The van der Waals surface area contributed by atoms with Gasteiger partial charge in [-0.1, -0.05) is 48.5 Å². The Hall–Kier alpha value is -3.38. The number of hydrogen-bond donors (Lipinski definition) is 2. The highest BCUT2D eigenvalue weighted by Gasteiger charge is 2.38. The van der Waals surface area contributed by atoms with Crippen LogP contribution in [0.15, 0.2) is 66.9 Å². The Morgan fingerprint density at radius 2 is 1.60 bits per heavy atom. The van der Waals surface area contributed by atoms with Gasteiger partial charge in [0, 0.05) is 36.3 Å². The Bertz CT molecular complexity index is 1190. The number of H-pyrrole nitrogens is 1. The number of hydrogen-bond acceptors (Lipinski definition) is 3. The molecule has 3 aromatic rings. The quantitative estimate of drug-likeness (QED) is 0.509.